The van der Waals surface area contributed by atoms with Gasteiger partial charge in [0.1, 0.15) is 6.54 Å². The Kier molecular flexibility index (Phi) is 6.10. The standard InChI is InChI=1S/C16H19N5O4/c1-11-5-6-19-21(11)9-16(23)20-18-8-12-3-4-13(24-2)14(7-12)25-10-15(17)22/h3-8H,9-10H2,1-2H3,(H2,17,22)(H,20,23)/b18-8-. The lowest BCUT2D eigenvalue weighted by atomic mass is 10.2. The zero-order chi connectivity index (χ0) is 18.2. The maximum absolute atomic E-state index is 11.8. The van der Waals surface area contributed by atoms with Gasteiger partial charge >= 0.3 is 0 Å². The number of nitrogens with one attached hydrogen (secondary N) is 1. The predicted molar refractivity (Wildman–Crippen MR) is 90.4 cm³/mol. The number of amides is 2. The number of ether oxygens (including phenoxy) is 2. The minimum atomic E-state index is -0.595. The van der Waals surface area contributed by atoms with Crippen LogP contribution in [0, 0.1) is 6.92 Å². The van der Waals surface area contributed by atoms with Crippen LogP contribution in [0.2, 0.25) is 0 Å². The molecular weight excluding hydrogens is 326 g/mol. The van der Waals surface area contributed by atoms with Crippen molar-refractivity contribution < 1.29 is 19.1 Å². The summed E-state index contributed by atoms with van der Waals surface area (Å²) in [6, 6.07) is 6.81. The molecular formula is C16H19N5O4. The van der Waals surface area contributed by atoms with E-state index < -0.39 is 5.91 Å². The van der Waals surface area contributed by atoms with E-state index in [1.807, 2.05) is 13.0 Å². The Balaban J connectivity index is 1.97. The molecule has 1 aromatic heterocycles. The first-order valence-corrected chi connectivity index (χ1v) is 7.39. The van der Waals surface area contributed by atoms with E-state index in [1.165, 1.54) is 13.3 Å². The fourth-order valence-corrected chi connectivity index (χ4v) is 1.95. The molecule has 1 aromatic carbocycles. The zero-order valence-corrected chi connectivity index (χ0v) is 13.9. The number of hydrazone groups is 1. The maximum Gasteiger partial charge on any atom is 0.261 e. The van der Waals surface area contributed by atoms with Crippen molar-refractivity contribution in [3.63, 3.8) is 0 Å². The van der Waals surface area contributed by atoms with Crippen molar-refractivity contribution in [1.29, 1.82) is 0 Å². The number of nitrogens with zero attached hydrogens (tertiary/aromatic N) is 3. The number of methoxy groups -OCH3 is 1. The zero-order valence-electron chi connectivity index (χ0n) is 13.9. The number of carbonyl (C=O) groups is 2. The molecule has 2 aromatic rings. The van der Waals surface area contributed by atoms with Crippen molar-refractivity contribution in [3.05, 3.63) is 41.7 Å². The number of aryl methyl sites for hydroxylation is 1. The van der Waals surface area contributed by atoms with E-state index in [1.54, 1.807) is 29.1 Å². The molecule has 9 nitrogen and oxygen atoms in total. The molecule has 0 aliphatic carbocycles. The van der Waals surface area contributed by atoms with Crippen LogP contribution in [0.3, 0.4) is 0 Å². The molecule has 0 radical (unpaired) electrons. The Bertz CT molecular complexity index is 785. The number of rotatable bonds is 8. The highest BCUT2D eigenvalue weighted by molar-refractivity contribution is 5.83. The first-order valence-electron chi connectivity index (χ1n) is 7.39. The second-order valence-electron chi connectivity index (χ2n) is 5.09. The van der Waals surface area contributed by atoms with Crippen molar-refractivity contribution in [2.24, 2.45) is 10.8 Å². The first kappa shape index (κ1) is 18.0. The van der Waals surface area contributed by atoms with E-state index in [0.29, 0.717) is 17.1 Å². The lowest BCUT2D eigenvalue weighted by Crippen LogP contribution is -2.24. The van der Waals surface area contributed by atoms with E-state index in [9.17, 15) is 9.59 Å². The molecule has 0 saturated carbocycles. The van der Waals surface area contributed by atoms with Crippen LogP contribution in [-0.2, 0) is 16.1 Å². The molecule has 0 unspecified atom stereocenters. The predicted octanol–water partition coefficient (Wildman–Crippen LogP) is 0.215. The molecule has 0 fully saturated rings. The van der Waals surface area contributed by atoms with Gasteiger partial charge in [-0.05, 0) is 36.8 Å². The van der Waals surface area contributed by atoms with E-state index in [0.717, 1.165) is 5.69 Å². The number of hydrogen-bond donors (Lipinski definition) is 2. The van der Waals surface area contributed by atoms with Gasteiger partial charge in [0.15, 0.2) is 18.1 Å². The van der Waals surface area contributed by atoms with Gasteiger partial charge < -0.3 is 15.2 Å². The molecule has 0 aliphatic rings. The van der Waals surface area contributed by atoms with Crippen molar-refractivity contribution in [2.75, 3.05) is 13.7 Å². The summed E-state index contributed by atoms with van der Waals surface area (Å²) in [4.78, 5) is 22.7. The highest BCUT2D eigenvalue weighted by atomic mass is 16.5. The Hall–Kier alpha value is -3.36. The van der Waals surface area contributed by atoms with Gasteiger partial charge in [0.2, 0.25) is 0 Å². The summed E-state index contributed by atoms with van der Waals surface area (Å²) in [5.41, 5.74) is 9.01. The molecule has 132 valence electrons. The molecule has 0 bridgehead atoms. The third kappa shape index (κ3) is 5.34. The van der Waals surface area contributed by atoms with E-state index in [2.05, 4.69) is 15.6 Å². The number of primary amides is 1. The van der Waals surface area contributed by atoms with Gasteiger partial charge in [-0.15, -0.1) is 0 Å². The van der Waals surface area contributed by atoms with Gasteiger partial charge in [-0.3, -0.25) is 14.3 Å². The molecule has 0 saturated heterocycles. The maximum atomic E-state index is 11.8. The summed E-state index contributed by atoms with van der Waals surface area (Å²) < 4.78 is 12.0. The number of aromatic nitrogens is 2. The normalized spacial score (nSPS) is 10.6. The van der Waals surface area contributed by atoms with Crippen molar-refractivity contribution in [2.45, 2.75) is 13.5 Å². The summed E-state index contributed by atoms with van der Waals surface area (Å²) in [5, 5.41) is 7.91. The molecule has 25 heavy (non-hydrogen) atoms. The average Bonchev–Trinajstić information content (AvgIpc) is 2.98. The fourth-order valence-electron chi connectivity index (χ4n) is 1.95. The third-order valence-electron chi connectivity index (χ3n) is 3.18. The van der Waals surface area contributed by atoms with E-state index in [4.69, 9.17) is 15.2 Å². The minimum Gasteiger partial charge on any atom is -0.493 e. The molecule has 0 spiro atoms. The van der Waals surface area contributed by atoms with Crippen LogP contribution in [0.5, 0.6) is 11.5 Å². The molecule has 9 heteroatoms. The average molecular weight is 345 g/mol. The van der Waals surface area contributed by atoms with Gasteiger partial charge in [-0.25, -0.2) is 5.43 Å². The lowest BCUT2D eigenvalue weighted by molar-refractivity contribution is -0.122. The summed E-state index contributed by atoms with van der Waals surface area (Å²) >= 11 is 0. The van der Waals surface area contributed by atoms with Gasteiger partial charge in [-0.2, -0.15) is 10.2 Å². The second-order valence-corrected chi connectivity index (χ2v) is 5.09. The Morgan fingerprint density at radius 2 is 2.16 bits per heavy atom. The molecule has 0 atom stereocenters. The third-order valence-corrected chi connectivity index (χ3v) is 3.18. The van der Waals surface area contributed by atoms with Crippen molar-refractivity contribution in [3.8, 4) is 11.5 Å². The van der Waals surface area contributed by atoms with E-state index >= 15 is 0 Å². The Morgan fingerprint density at radius 1 is 1.36 bits per heavy atom. The van der Waals surface area contributed by atoms with Crippen LogP contribution < -0.4 is 20.6 Å². The number of hydrogen-bond acceptors (Lipinski definition) is 6. The summed E-state index contributed by atoms with van der Waals surface area (Å²) in [6.07, 6.45) is 3.07. The highest BCUT2D eigenvalue weighted by Gasteiger charge is 2.07. The monoisotopic (exact) mass is 345 g/mol. The van der Waals surface area contributed by atoms with Gasteiger partial charge in [0, 0.05) is 11.9 Å². The Morgan fingerprint density at radius 3 is 2.80 bits per heavy atom. The van der Waals surface area contributed by atoms with Crippen LogP contribution in [0.1, 0.15) is 11.3 Å². The topological polar surface area (TPSA) is 121 Å². The van der Waals surface area contributed by atoms with E-state index in [-0.39, 0.29) is 19.1 Å². The summed E-state index contributed by atoms with van der Waals surface area (Å²) in [5.74, 6) is -0.0931. The fraction of sp³-hybridized carbons (Fsp3) is 0.250. The van der Waals surface area contributed by atoms with Crippen molar-refractivity contribution >= 4 is 18.0 Å². The number of carbonyl (C=O) groups excluding carboxylic acids is 2. The quantitative estimate of drug-likeness (QED) is 0.523. The smallest absolute Gasteiger partial charge is 0.261 e. The second kappa shape index (κ2) is 8.48. The molecule has 3 N–H and O–H groups in total. The number of nitrogens with two attached hydrogens (primary N) is 1. The van der Waals surface area contributed by atoms with Crippen LogP contribution in [0.15, 0.2) is 35.6 Å². The minimum absolute atomic E-state index is 0.0752. The van der Waals surface area contributed by atoms with Gasteiger partial charge in [0.05, 0.1) is 13.3 Å². The highest BCUT2D eigenvalue weighted by Crippen LogP contribution is 2.27. The lowest BCUT2D eigenvalue weighted by Gasteiger charge is -2.09. The van der Waals surface area contributed by atoms with Crippen LogP contribution >= 0.6 is 0 Å². The molecule has 2 amide bonds. The van der Waals surface area contributed by atoms with Crippen LogP contribution in [0.25, 0.3) is 0 Å². The van der Waals surface area contributed by atoms with Gasteiger partial charge in [0.25, 0.3) is 11.8 Å². The largest absolute Gasteiger partial charge is 0.493 e. The van der Waals surface area contributed by atoms with Crippen molar-refractivity contribution in [1.82, 2.24) is 15.2 Å². The summed E-state index contributed by atoms with van der Waals surface area (Å²) in [6.45, 7) is 1.66. The number of benzene rings is 1. The SMILES string of the molecule is COc1ccc(/C=N\NC(=O)Cn2nccc2C)cc1OCC(N)=O. The first-order chi connectivity index (χ1) is 12.0. The molecule has 2 rings (SSSR count). The summed E-state index contributed by atoms with van der Waals surface area (Å²) in [7, 11) is 1.48. The van der Waals surface area contributed by atoms with Crippen LogP contribution in [0.4, 0.5) is 0 Å². The van der Waals surface area contributed by atoms with Crippen LogP contribution in [-0.4, -0.2) is 41.5 Å². The van der Waals surface area contributed by atoms with Gasteiger partial charge in [-0.1, -0.05) is 0 Å². The Labute approximate surface area is 144 Å². The molecule has 1 heterocycles. The molecule has 0 aliphatic heterocycles.